The molecule has 0 aliphatic carbocycles. The molecular formula is C22H21NO3. The molecule has 2 N–H and O–H groups in total. The molecule has 0 aliphatic heterocycles. The standard InChI is InChI=1S/C22H21NO3/c24-21-8-4-7-20(15-21)23(16-18-5-2-1-3-6-18)19-12-9-17(10-13-19)11-14-22(25)26/h1-10,12-13,15,24H,11,14,16H2,(H,25,26). The van der Waals surface area contributed by atoms with Crippen molar-refractivity contribution >= 4 is 17.3 Å². The predicted molar refractivity (Wildman–Crippen MR) is 103 cm³/mol. The highest BCUT2D eigenvalue weighted by molar-refractivity contribution is 5.67. The number of carbonyl (C=O) groups is 1. The van der Waals surface area contributed by atoms with Gasteiger partial charge in [-0.05, 0) is 41.8 Å². The molecule has 3 aromatic rings. The van der Waals surface area contributed by atoms with E-state index in [2.05, 4.69) is 17.0 Å². The van der Waals surface area contributed by atoms with E-state index in [1.54, 1.807) is 12.1 Å². The summed E-state index contributed by atoms with van der Waals surface area (Å²) in [5, 5.41) is 18.7. The normalized spacial score (nSPS) is 10.5. The van der Waals surface area contributed by atoms with Gasteiger partial charge in [-0.25, -0.2) is 0 Å². The molecule has 0 bridgehead atoms. The van der Waals surface area contributed by atoms with Gasteiger partial charge in [0.1, 0.15) is 5.75 Å². The number of aryl methyl sites for hydroxylation is 1. The fraction of sp³-hybridized carbons (Fsp3) is 0.136. The Kier molecular flexibility index (Phi) is 5.54. The lowest BCUT2D eigenvalue weighted by Crippen LogP contribution is -2.16. The molecule has 0 unspecified atom stereocenters. The van der Waals surface area contributed by atoms with Gasteiger partial charge in [0.2, 0.25) is 0 Å². The summed E-state index contributed by atoms with van der Waals surface area (Å²) in [5.74, 6) is -0.571. The zero-order valence-electron chi connectivity index (χ0n) is 14.4. The van der Waals surface area contributed by atoms with Crippen LogP contribution in [-0.2, 0) is 17.8 Å². The minimum absolute atomic E-state index is 0.125. The van der Waals surface area contributed by atoms with E-state index in [0.29, 0.717) is 13.0 Å². The van der Waals surface area contributed by atoms with Gasteiger partial charge in [0.15, 0.2) is 0 Å². The lowest BCUT2D eigenvalue weighted by Gasteiger charge is -2.25. The monoisotopic (exact) mass is 347 g/mol. The quantitative estimate of drug-likeness (QED) is 0.647. The van der Waals surface area contributed by atoms with Crippen LogP contribution in [-0.4, -0.2) is 16.2 Å². The van der Waals surface area contributed by atoms with E-state index >= 15 is 0 Å². The molecule has 0 radical (unpaired) electrons. The number of carboxylic acid groups (broad SMARTS) is 1. The fourth-order valence-corrected chi connectivity index (χ4v) is 2.85. The molecule has 0 fully saturated rings. The average molecular weight is 347 g/mol. The molecule has 0 aromatic heterocycles. The number of nitrogens with zero attached hydrogens (tertiary/aromatic N) is 1. The fourth-order valence-electron chi connectivity index (χ4n) is 2.85. The van der Waals surface area contributed by atoms with Crippen LogP contribution in [0, 0.1) is 0 Å². The van der Waals surface area contributed by atoms with E-state index in [1.165, 1.54) is 0 Å². The van der Waals surface area contributed by atoms with Crippen LogP contribution in [0.4, 0.5) is 11.4 Å². The Morgan fingerprint density at radius 2 is 1.54 bits per heavy atom. The highest BCUT2D eigenvalue weighted by Crippen LogP contribution is 2.30. The van der Waals surface area contributed by atoms with Crippen molar-refractivity contribution < 1.29 is 15.0 Å². The van der Waals surface area contributed by atoms with Crippen molar-refractivity contribution in [2.24, 2.45) is 0 Å². The number of hydrogen-bond acceptors (Lipinski definition) is 3. The second-order valence-corrected chi connectivity index (χ2v) is 6.15. The van der Waals surface area contributed by atoms with Crippen molar-refractivity contribution in [2.45, 2.75) is 19.4 Å². The van der Waals surface area contributed by atoms with Gasteiger partial charge in [0.25, 0.3) is 0 Å². The van der Waals surface area contributed by atoms with Gasteiger partial charge in [-0.15, -0.1) is 0 Å². The van der Waals surface area contributed by atoms with Crippen molar-refractivity contribution in [1.29, 1.82) is 0 Å². The number of phenolic OH excluding ortho intramolecular Hbond substituents is 1. The van der Waals surface area contributed by atoms with Gasteiger partial charge in [0, 0.05) is 30.4 Å². The number of carboxylic acids is 1. The van der Waals surface area contributed by atoms with Crippen molar-refractivity contribution in [1.82, 2.24) is 0 Å². The first-order valence-electron chi connectivity index (χ1n) is 8.53. The van der Waals surface area contributed by atoms with Crippen LogP contribution in [0.25, 0.3) is 0 Å². The zero-order chi connectivity index (χ0) is 18.4. The van der Waals surface area contributed by atoms with E-state index in [1.807, 2.05) is 54.6 Å². The van der Waals surface area contributed by atoms with E-state index < -0.39 is 5.97 Å². The number of aromatic hydroxyl groups is 1. The minimum atomic E-state index is -0.792. The highest BCUT2D eigenvalue weighted by atomic mass is 16.4. The Balaban J connectivity index is 1.88. The SMILES string of the molecule is O=C(O)CCc1ccc(N(Cc2ccccc2)c2cccc(O)c2)cc1. The van der Waals surface area contributed by atoms with Gasteiger partial charge >= 0.3 is 5.97 Å². The molecule has 4 heteroatoms. The van der Waals surface area contributed by atoms with Crippen LogP contribution in [0.15, 0.2) is 78.9 Å². The Labute approximate surface area is 153 Å². The van der Waals surface area contributed by atoms with Gasteiger partial charge in [-0.1, -0.05) is 48.5 Å². The molecular weight excluding hydrogens is 326 g/mol. The summed E-state index contributed by atoms with van der Waals surface area (Å²) in [6.45, 7) is 0.665. The lowest BCUT2D eigenvalue weighted by atomic mass is 10.1. The summed E-state index contributed by atoms with van der Waals surface area (Å²) in [6.07, 6.45) is 0.639. The summed E-state index contributed by atoms with van der Waals surface area (Å²) in [4.78, 5) is 12.9. The summed E-state index contributed by atoms with van der Waals surface area (Å²) in [5.41, 5.74) is 4.03. The molecule has 132 valence electrons. The molecule has 0 saturated heterocycles. The number of phenols is 1. The van der Waals surface area contributed by atoms with Crippen LogP contribution in [0.5, 0.6) is 5.75 Å². The second-order valence-electron chi connectivity index (χ2n) is 6.15. The van der Waals surface area contributed by atoms with E-state index in [-0.39, 0.29) is 12.2 Å². The number of aliphatic carboxylic acids is 1. The minimum Gasteiger partial charge on any atom is -0.508 e. The molecule has 26 heavy (non-hydrogen) atoms. The maximum absolute atomic E-state index is 10.7. The number of anilines is 2. The first-order chi connectivity index (χ1) is 12.6. The van der Waals surface area contributed by atoms with Gasteiger partial charge < -0.3 is 15.1 Å². The maximum atomic E-state index is 10.7. The van der Waals surface area contributed by atoms with Gasteiger partial charge in [-0.3, -0.25) is 4.79 Å². The van der Waals surface area contributed by atoms with E-state index in [0.717, 1.165) is 22.5 Å². The number of benzene rings is 3. The smallest absolute Gasteiger partial charge is 0.303 e. The Hall–Kier alpha value is -3.27. The van der Waals surface area contributed by atoms with Crippen LogP contribution in [0.3, 0.4) is 0 Å². The summed E-state index contributed by atoms with van der Waals surface area (Å²) in [7, 11) is 0. The molecule has 0 spiro atoms. The first kappa shape index (κ1) is 17.5. The molecule has 0 amide bonds. The largest absolute Gasteiger partial charge is 0.508 e. The molecule has 0 heterocycles. The van der Waals surface area contributed by atoms with Crippen molar-refractivity contribution in [3.05, 3.63) is 90.0 Å². The third kappa shape index (κ3) is 4.63. The Morgan fingerprint density at radius 3 is 2.19 bits per heavy atom. The van der Waals surface area contributed by atoms with Crippen LogP contribution in [0.2, 0.25) is 0 Å². The predicted octanol–water partition coefficient (Wildman–Crippen LogP) is 4.75. The van der Waals surface area contributed by atoms with Crippen molar-refractivity contribution in [3.63, 3.8) is 0 Å². The molecule has 0 aliphatic rings. The summed E-state index contributed by atoms with van der Waals surface area (Å²) in [6, 6.07) is 25.2. The van der Waals surface area contributed by atoms with Crippen molar-refractivity contribution in [3.8, 4) is 5.75 Å². The van der Waals surface area contributed by atoms with Crippen LogP contribution in [0.1, 0.15) is 17.5 Å². The first-order valence-corrected chi connectivity index (χ1v) is 8.53. The topological polar surface area (TPSA) is 60.8 Å². The van der Waals surface area contributed by atoms with E-state index in [4.69, 9.17) is 5.11 Å². The zero-order valence-corrected chi connectivity index (χ0v) is 14.4. The number of hydrogen-bond donors (Lipinski definition) is 2. The third-order valence-corrected chi connectivity index (χ3v) is 4.20. The second kappa shape index (κ2) is 8.21. The third-order valence-electron chi connectivity index (χ3n) is 4.20. The van der Waals surface area contributed by atoms with Crippen LogP contribution >= 0.6 is 0 Å². The molecule has 0 saturated carbocycles. The van der Waals surface area contributed by atoms with Crippen molar-refractivity contribution in [2.75, 3.05) is 4.90 Å². The summed E-state index contributed by atoms with van der Waals surface area (Å²) >= 11 is 0. The highest BCUT2D eigenvalue weighted by Gasteiger charge is 2.11. The van der Waals surface area contributed by atoms with Crippen LogP contribution < -0.4 is 4.90 Å². The maximum Gasteiger partial charge on any atom is 0.303 e. The molecule has 3 aromatic carbocycles. The van der Waals surface area contributed by atoms with Gasteiger partial charge in [-0.2, -0.15) is 0 Å². The molecule has 4 nitrogen and oxygen atoms in total. The summed E-state index contributed by atoms with van der Waals surface area (Å²) < 4.78 is 0. The molecule has 0 atom stereocenters. The average Bonchev–Trinajstić information content (AvgIpc) is 2.66. The Morgan fingerprint density at radius 1 is 0.808 bits per heavy atom. The van der Waals surface area contributed by atoms with E-state index in [9.17, 15) is 9.90 Å². The molecule has 3 rings (SSSR count). The van der Waals surface area contributed by atoms with Gasteiger partial charge in [0.05, 0.1) is 0 Å². The number of rotatable bonds is 7. The lowest BCUT2D eigenvalue weighted by molar-refractivity contribution is -0.136. The Bertz CT molecular complexity index is 860.